The minimum absolute atomic E-state index is 1.09. The fraction of sp³-hybridized carbons (Fsp3) is 0.286. The van der Waals surface area contributed by atoms with Gasteiger partial charge in [-0.05, 0) is 12.2 Å². The second kappa shape index (κ2) is 2.10. The van der Waals surface area contributed by atoms with E-state index in [-0.39, 0.29) is 0 Å². The number of fused-ring (bicyclic) bond motifs is 1. The van der Waals surface area contributed by atoms with Gasteiger partial charge in [-0.25, -0.2) is 0 Å². The zero-order valence-corrected chi connectivity index (χ0v) is 6.60. The number of hydrazone groups is 1. The Morgan fingerprint density at radius 2 is 2.18 bits per heavy atom. The molecule has 0 aromatic heterocycles. The molecule has 0 fully saturated rings. The van der Waals surface area contributed by atoms with Crippen molar-refractivity contribution >= 4 is 6.21 Å². The van der Waals surface area contributed by atoms with Crippen molar-refractivity contribution < 1.29 is 0 Å². The lowest BCUT2D eigenvalue weighted by Crippen LogP contribution is -2.37. The largest absolute Gasteiger partial charge is 0.295 e. The van der Waals surface area contributed by atoms with Gasteiger partial charge < -0.3 is 0 Å². The third-order valence-corrected chi connectivity index (χ3v) is 1.81. The molecule has 0 amide bonds. The summed E-state index contributed by atoms with van der Waals surface area (Å²) in [5, 5.41) is 9.89. The number of hydrazine groups is 2. The SMILES string of the molecule is CN1C=C2C=CC=NN2N1C. The molecular weight excluding hydrogens is 140 g/mol. The summed E-state index contributed by atoms with van der Waals surface area (Å²) in [5.74, 6) is 0. The molecule has 2 heterocycles. The number of hydrogen-bond acceptors (Lipinski definition) is 4. The molecule has 0 N–H and O–H groups in total. The van der Waals surface area contributed by atoms with Crippen molar-refractivity contribution in [3.05, 3.63) is 24.0 Å². The molecule has 4 nitrogen and oxygen atoms in total. The molecule has 0 aliphatic carbocycles. The molecule has 0 saturated carbocycles. The van der Waals surface area contributed by atoms with Crippen LogP contribution in [0.1, 0.15) is 0 Å². The molecule has 0 spiro atoms. The molecule has 2 aliphatic heterocycles. The van der Waals surface area contributed by atoms with Gasteiger partial charge in [-0.15, -0.1) is 5.12 Å². The van der Waals surface area contributed by atoms with E-state index in [9.17, 15) is 0 Å². The van der Waals surface area contributed by atoms with E-state index in [1.807, 2.05) is 47.7 Å². The Bertz CT molecular complexity index is 253. The highest BCUT2D eigenvalue weighted by Crippen LogP contribution is 2.20. The van der Waals surface area contributed by atoms with Crippen LogP contribution in [0.3, 0.4) is 0 Å². The average molecular weight is 150 g/mol. The van der Waals surface area contributed by atoms with Gasteiger partial charge in [-0.2, -0.15) is 10.2 Å². The standard InChI is InChI=1S/C7H10N4/c1-9-6-7-4-3-5-8-11(7)10(9)2/h3-6H,1-2H3. The lowest BCUT2D eigenvalue weighted by Gasteiger charge is -2.27. The Morgan fingerprint density at radius 1 is 1.36 bits per heavy atom. The van der Waals surface area contributed by atoms with E-state index in [1.54, 1.807) is 6.21 Å². The number of allylic oxidation sites excluding steroid dienone is 2. The molecule has 11 heavy (non-hydrogen) atoms. The molecule has 0 aromatic carbocycles. The minimum Gasteiger partial charge on any atom is -0.295 e. The maximum Gasteiger partial charge on any atom is 0.0974 e. The molecule has 0 atom stereocenters. The maximum atomic E-state index is 4.16. The molecule has 0 unspecified atom stereocenters. The van der Waals surface area contributed by atoms with Crippen LogP contribution in [0.25, 0.3) is 0 Å². The molecule has 4 heteroatoms. The first-order valence-electron chi connectivity index (χ1n) is 3.48. The van der Waals surface area contributed by atoms with Gasteiger partial charge in [0.05, 0.1) is 5.70 Å². The molecule has 2 rings (SSSR count). The molecule has 0 saturated heterocycles. The fourth-order valence-corrected chi connectivity index (χ4v) is 1.12. The summed E-state index contributed by atoms with van der Waals surface area (Å²) in [6.45, 7) is 0. The van der Waals surface area contributed by atoms with Crippen LogP contribution in [-0.2, 0) is 0 Å². The van der Waals surface area contributed by atoms with Gasteiger partial charge in [0.2, 0.25) is 0 Å². The van der Waals surface area contributed by atoms with Crippen molar-refractivity contribution in [1.29, 1.82) is 0 Å². The summed E-state index contributed by atoms with van der Waals surface area (Å²) >= 11 is 0. The maximum absolute atomic E-state index is 4.16. The van der Waals surface area contributed by atoms with Crippen LogP contribution in [0.5, 0.6) is 0 Å². The number of nitrogens with zero attached hydrogens (tertiary/aromatic N) is 4. The fourth-order valence-electron chi connectivity index (χ4n) is 1.12. The molecule has 0 aromatic rings. The Hall–Kier alpha value is -1.29. The Labute approximate surface area is 65.6 Å². The predicted octanol–water partition coefficient (Wildman–Crippen LogP) is 0.393. The van der Waals surface area contributed by atoms with Crippen molar-refractivity contribution in [2.75, 3.05) is 14.1 Å². The summed E-state index contributed by atoms with van der Waals surface area (Å²) in [4.78, 5) is 0. The van der Waals surface area contributed by atoms with Gasteiger partial charge in [0.25, 0.3) is 0 Å². The normalized spacial score (nSPS) is 22.5. The van der Waals surface area contributed by atoms with E-state index in [2.05, 4.69) is 5.10 Å². The third-order valence-electron chi connectivity index (χ3n) is 1.81. The van der Waals surface area contributed by atoms with Gasteiger partial charge in [-0.1, -0.05) is 0 Å². The van der Waals surface area contributed by atoms with Crippen LogP contribution in [0.2, 0.25) is 0 Å². The van der Waals surface area contributed by atoms with E-state index >= 15 is 0 Å². The second-order valence-corrected chi connectivity index (χ2v) is 2.53. The van der Waals surface area contributed by atoms with Crippen LogP contribution in [0.4, 0.5) is 0 Å². The van der Waals surface area contributed by atoms with Gasteiger partial charge in [0, 0.05) is 26.5 Å². The lowest BCUT2D eigenvalue weighted by atomic mass is 10.4. The third kappa shape index (κ3) is 0.832. The Morgan fingerprint density at radius 3 is 2.91 bits per heavy atom. The van der Waals surface area contributed by atoms with Crippen molar-refractivity contribution in [3.63, 3.8) is 0 Å². The lowest BCUT2D eigenvalue weighted by molar-refractivity contribution is -0.0726. The van der Waals surface area contributed by atoms with Gasteiger partial charge in [0.15, 0.2) is 0 Å². The summed E-state index contributed by atoms with van der Waals surface area (Å²) in [6, 6.07) is 0. The zero-order chi connectivity index (χ0) is 7.84. The Balaban J connectivity index is 2.32. The predicted molar refractivity (Wildman–Crippen MR) is 43.1 cm³/mol. The molecular formula is C7H10N4. The second-order valence-electron chi connectivity index (χ2n) is 2.53. The molecule has 2 aliphatic rings. The van der Waals surface area contributed by atoms with E-state index in [4.69, 9.17) is 0 Å². The van der Waals surface area contributed by atoms with Crippen LogP contribution >= 0.6 is 0 Å². The van der Waals surface area contributed by atoms with E-state index in [0.717, 1.165) is 5.70 Å². The highest BCUT2D eigenvalue weighted by atomic mass is 15.9. The first-order valence-corrected chi connectivity index (χ1v) is 3.48. The zero-order valence-electron chi connectivity index (χ0n) is 6.60. The quantitative estimate of drug-likeness (QED) is 0.499. The monoisotopic (exact) mass is 150 g/mol. The molecule has 0 radical (unpaired) electrons. The van der Waals surface area contributed by atoms with E-state index < -0.39 is 0 Å². The molecule has 58 valence electrons. The van der Waals surface area contributed by atoms with Gasteiger partial charge in [-0.3, -0.25) is 5.01 Å². The summed E-state index contributed by atoms with van der Waals surface area (Å²) < 4.78 is 0. The minimum atomic E-state index is 1.09. The number of hydrogen-bond donors (Lipinski definition) is 0. The van der Waals surface area contributed by atoms with Crippen molar-refractivity contribution in [1.82, 2.24) is 15.2 Å². The van der Waals surface area contributed by atoms with Crippen molar-refractivity contribution in [3.8, 4) is 0 Å². The van der Waals surface area contributed by atoms with Crippen LogP contribution < -0.4 is 0 Å². The Kier molecular flexibility index (Phi) is 1.22. The number of rotatable bonds is 0. The summed E-state index contributed by atoms with van der Waals surface area (Å²) in [6.07, 6.45) is 7.74. The van der Waals surface area contributed by atoms with E-state index in [1.165, 1.54) is 0 Å². The van der Waals surface area contributed by atoms with E-state index in [0.29, 0.717) is 0 Å². The molecule has 0 bridgehead atoms. The smallest absolute Gasteiger partial charge is 0.0974 e. The summed E-state index contributed by atoms with van der Waals surface area (Å²) in [5.41, 5.74) is 1.09. The van der Waals surface area contributed by atoms with Crippen molar-refractivity contribution in [2.24, 2.45) is 5.10 Å². The first-order chi connectivity index (χ1) is 5.29. The average Bonchev–Trinajstić information content (AvgIpc) is 2.30. The highest BCUT2D eigenvalue weighted by molar-refractivity contribution is 5.73. The van der Waals surface area contributed by atoms with Crippen LogP contribution in [-0.4, -0.2) is 35.6 Å². The summed E-state index contributed by atoms with van der Waals surface area (Å²) in [7, 11) is 3.94. The van der Waals surface area contributed by atoms with Crippen LogP contribution in [0.15, 0.2) is 29.2 Å². The highest BCUT2D eigenvalue weighted by Gasteiger charge is 2.22. The van der Waals surface area contributed by atoms with Crippen molar-refractivity contribution in [2.45, 2.75) is 0 Å². The topological polar surface area (TPSA) is 22.1 Å². The van der Waals surface area contributed by atoms with Gasteiger partial charge >= 0.3 is 0 Å². The van der Waals surface area contributed by atoms with Crippen LogP contribution in [0, 0.1) is 0 Å². The van der Waals surface area contributed by atoms with Gasteiger partial charge in [0.1, 0.15) is 0 Å². The first kappa shape index (κ1) is 6.42.